The summed E-state index contributed by atoms with van der Waals surface area (Å²) in [5, 5.41) is 0. The van der Waals surface area contributed by atoms with Gasteiger partial charge in [-0.3, -0.25) is 0 Å². The fraction of sp³-hybridized carbons (Fsp3) is 0.250. The van der Waals surface area contributed by atoms with E-state index in [0.29, 0.717) is 22.6 Å². The van der Waals surface area contributed by atoms with E-state index in [1.165, 1.54) is 38.5 Å². The number of halogens is 3. The van der Waals surface area contributed by atoms with Gasteiger partial charge in [-0.05, 0) is 23.8 Å². The molecule has 0 aliphatic carbocycles. The summed E-state index contributed by atoms with van der Waals surface area (Å²) in [7, 11) is 3.00. The Morgan fingerprint density at radius 1 is 0.957 bits per heavy atom. The molecule has 0 fully saturated rings. The first kappa shape index (κ1) is 17.0. The van der Waals surface area contributed by atoms with E-state index in [9.17, 15) is 13.2 Å². The first-order valence-electron chi connectivity index (χ1n) is 6.68. The Kier molecular flexibility index (Phi) is 5.00. The van der Waals surface area contributed by atoms with E-state index in [2.05, 4.69) is 4.74 Å². The van der Waals surface area contributed by atoms with Crippen LogP contribution in [0.15, 0.2) is 42.5 Å². The molecule has 0 heterocycles. The number of benzene rings is 2. The second kappa shape index (κ2) is 6.78. The smallest absolute Gasteiger partial charge is 0.493 e. The SMILES string of the molecule is COc1cccc([C@H](N)c2ccc(OC(F)(F)F)cc2)c1OC. The normalized spacial score (nSPS) is 12.6. The Bertz CT molecular complexity index is 657. The van der Waals surface area contributed by atoms with E-state index in [1.54, 1.807) is 18.2 Å². The third-order valence-corrected chi connectivity index (χ3v) is 3.24. The predicted molar refractivity (Wildman–Crippen MR) is 78.7 cm³/mol. The highest BCUT2D eigenvalue weighted by molar-refractivity contribution is 5.50. The van der Waals surface area contributed by atoms with Gasteiger partial charge < -0.3 is 19.9 Å². The number of para-hydroxylation sites is 1. The molecule has 0 unspecified atom stereocenters. The van der Waals surface area contributed by atoms with Crippen LogP contribution in [0.25, 0.3) is 0 Å². The van der Waals surface area contributed by atoms with Crippen LogP contribution in [-0.2, 0) is 0 Å². The van der Waals surface area contributed by atoms with Gasteiger partial charge in [-0.1, -0.05) is 24.3 Å². The van der Waals surface area contributed by atoms with Crippen molar-refractivity contribution in [1.82, 2.24) is 0 Å². The van der Waals surface area contributed by atoms with E-state index in [0.717, 1.165) is 0 Å². The Labute approximate surface area is 131 Å². The summed E-state index contributed by atoms with van der Waals surface area (Å²) >= 11 is 0. The fourth-order valence-electron chi connectivity index (χ4n) is 2.21. The molecule has 2 aromatic carbocycles. The third-order valence-electron chi connectivity index (χ3n) is 3.24. The molecular formula is C16H16F3NO3. The topological polar surface area (TPSA) is 53.7 Å². The molecule has 7 heteroatoms. The summed E-state index contributed by atoms with van der Waals surface area (Å²) in [6.45, 7) is 0. The third kappa shape index (κ3) is 4.07. The second-order valence-electron chi connectivity index (χ2n) is 4.68. The predicted octanol–water partition coefficient (Wildman–Crippen LogP) is 3.65. The molecule has 0 spiro atoms. The van der Waals surface area contributed by atoms with E-state index >= 15 is 0 Å². The summed E-state index contributed by atoms with van der Waals surface area (Å²) in [5.74, 6) is 0.710. The van der Waals surface area contributed by atoms with Gasteiger partial charge in [0.15, 0.2) is 11.5 Å². The van der Waals surface area contributed by atoms with Crippen molar-refractivity contribution in [2.75, 3.05) is 14.2 Å². The average molecular weight is 327 g/mol. The van der Waals surface area contributed by atoms with Crippen molar-refractivity contribution in [3.05, 3.63) is 53.6 Å². The molecular weight excluding hydrogens is 311 g/mol. The van der Waals surface area contributed by atoms with Crippen LogP contribution in [-0.4, -0.2) is 20.6 Å². The van der Waals surface area contributed by atoms with E-state index in [1.807, 2.05) is 0 Å². The van der Waals surface area contributed by atoms with Gasteiger partial charge in [0.1, 0.15) is 5.75 Å². The highest BCUT2D eigenvalue weighted by Gasteiger charge is 2.31. The van der Waals surface area contributed by atoms with Gasteiger partial charge in [0, 0.05) is 5.56 Å². The zero-order valence-electron chi connectivity index (χ0n) is 12.6. The summed E-state index contributed by atoms with van der Waals surface area (Å²) in [5.41, 5.74) is 7.48. The van der Waals surface area contributed by atoms with Gasteiger partial charge in [-0.15, -0.1) is 13.2 Å². The van der Waals surface area contributed by atoms with E-state index < -0.39 is 12.4 Å². The minimum Gasteiger partial charge on any atom is -0.493 e. The van der Waals surface area contributed by atoms with Gasteiger partial charge >= 0.3 is 6.36 Å². The summed E-state index contributed by atoms with van der Waals surface area (Å²) in [6.07, 6.45) is -4.72. The molecule has 0 aromatic heterocycles. The van der Waals surface area contributed by atoms with Gasteiger partial charge in [-0.2, -0.15) is 0 Å². The summed E-state index contributed by atoms with van der Waals surface area (Å²) in [4.78, 5) is 0. The molecule has 2 rings (SSSR count). The van der Waals surface area contributed by atoms with Crippen molar-refractivity contribution >= 4 is 0 Å². The summed E-state index contributed by atoms with van der Waals surface area (Å²) in [6, 6.07) is 10.1. The number of ether oxygens (including phenoxy) is 3. The zero-order chi connectivity index (χ0) is 17.0. The molecule has 0 radical (unpaired) electrons. The number of rotatable bonds is 5. The van der Waals surface area contributed by atoms with Crippen molar-refractivity contribution < 1.29 is 27.4 Å². The maximum Gasteiger partial charge on any atom is 0.573 e. The molecule has 1 atom stereocenters. The molecule has 2 N–H and O–H groups in total. The van der Waals surface area contributed by atoms with Gasteiger partial charge in [0.2, 0.25) is 0 Å². The molecule has 0 aliphatic rings. The van der Waals surface area contributed by atoms with Crippen molar-refractivity contribution in [3.8, 4) is 17.2 Å². The Hall–Kier alpha value is -2.41. The van der Waals surface area contributed by atoms with Crippen molar-refractivity contribution in [1.29, 1.82) is 0 Å². The van der Waals surface area contributed by atoms with Crippen molar-refractivity contribution in [3.63, 3.8) is 0 Å². The highest BCUT2D eigenvalue weighted by Crippen LogP contribution is 2.36. The standard InChI is InChI=1S/C16H16F3NO3/c1-21-13-5-3-4-12(15(13)22-2)14(20)10-6-8-11(9-7-10)23-16(17,18)19/h3-9,14H,20H2,1-2H3/t14-/m1/s1. The minimum atomic E-state index is -4.72. The zero-order valence-corrected chi connectivity index (χ0v) is 12.6. The van der Waals surface area contributed by atoms with Crippen LogP contribution in [0.4, 0.5) is 13.2 Å². The highest BCUT2D eigenvalue weighted by atomic mass is 19.4. The van der Waals surface area contributed by atoms with E-state index in [-0.39, 0.29) is 5.75 Å². The van der Waals surface area contributed by atoms with Crippen molar-refractivity contribution in [2.24, 2.45) is 5.73 Å². The first-order chi connectivity index (χ1) is 10.9. The lowest BCUT2D eigenvalue weighted by Gasteiger charge is -2.18. The maximum atomic E-state index is 12.2. The number of nitrogens with two attached hydrogens (primary N) is 1. The van der Waals surface area contributed by atoms with Crippen LogP contribution in [0.2, 0.25) is 0 Å². The van der Waals surface area contributed by atoms with Crippen LogP contribution in [0.5, 0.6) is 17.2 Å². The van der Waals surface area contributed by atoms with Crippen molar-refractivity contribution in [2.45, 2.75) is 12.4 Å². The number of hydrogen-bond acceptors (Lipinski definition) is 4. The van der Waals surface area contributed by atoms with Gasteiger partial charge in [0.25, 0.3) is 0 Å². The average Bonchev–Trinajstić information content (AvgIpc) is 2.52. The van der Waals surface area contributed by atoms with E-state index in [4.69, 9.17) is 15.2 Å². The van der Waals surface area contributed by atoms with Crippen LogP contribution in [0.3, 0.4) is 0 Å². The first-order valence-corrected chi connectivity index (χ1v) is 6.68. The maximum absolute atomic E-state index is 12.2. The Balaban J connectivity index is 2.29. The van der Waals surface area contributed by atoms with Crippen LogP contribution < -0.4 is 19.9 Å². The Morgan fingerprint density at radius 2 is 1.61 bits per heavy atom. The van der Waals surface area contributed by atoms with Crippen LogP contribution in [0.1, 0.15) is 17.2 Å². The van der Waals surface area contributed by atoms with Crippen LogP contribution >= 0.6 is 0 Å². The van der Waals surface area contributed by atoms with Gasteiger partial charge in [0.05, 0.1) is 20.3 Å². The molecule has 124 valence electrons. The molecule has 4 nitrogen and oxygen atoms in total. The second-order valence-corrected chi connectivity index (χ2v) is 4.68. The Morgan fingerprint density at radius 3 is 2.13 bits per heavy atom. The van der Waals surface area contributed by atoms with Crippen LogP contribution in [0, 0.1) is 0 Å². The number of hydrogen-bond donors (Lipinski definition) is 1. The molecule has 0 saturated carbocycles. The molecule has 0 bridgehead atoms. The molecule has 2 aromatic rings. The fourth-order valence-corrected chi connectivity index (χ4v) is 2.21. The quantitative estimate of drug-likeness (QED) is 0.911. The molecule has 23 heavy (non-hydrogen) atoms. The monoisotopic (exact) mass is 327 g/mol. The van der Waals surface area contributed by atoms with Gasteiger partial charge in [-0.25, -0.2) is 0 Å². The largest absolute Gasteiger partial charge is 0.573 e. The lowest BCUT2D eigenvalue weighted by Crippen LogP contribution is -2.17. The lowest BCUT2D eigenvalue weighted by atomic mass is 9.98. The number of methoxy groups -OCH3 is 2. The number of alkyl halides is 3. The minimum absolute atomic E-state index is 0.300. The molecule has 0 saturated heterocycles. The lowest BCUT2D eigenvalue weighted by molar-refractivity contribution is -0.274. The molecule has 0 amide bonds. The summed E-state index contributed by atoms with van der Waals surface area (Å²) < 4.78 is 50.9. The molecule has 0 aliphatic heterocycles.